The summed E-state index contributed by atoms with van der Waals surface area (Å²) in [5, 5.41) is 8.64. The van der Waals surface area contributed by atoms with E-state index in [9.17, 15) is 28.8 Å². The monoisotopic (exact) mass is 692 g/mol. The Hall–Kier alpha value is -5.04. The van der Waals surface area contributed by atoms with Crippen LogP contribution < -0.4 is 11.2 Å². The number of carbonyl (C=O) groups is 4. The molecule has 1 saturated heterocycles. The van der Waals surface area contributed by atoms with Crippen LogP contribution in [0.2, 0.25) is 0 Å². The molecule has 3 atom stereocenters. The number of ether oxygens (including phenoxy) is 2. The number of carboxylic acids is 1. The zero-order valence-electron chi connectivity index (χ0n) is 30.5. The van der Waals surface area contributed by atoms with Crippen LogP contribution in [0.3, 0.4) is 0 Å². The Morgan fingerprint density at radius 2 is 1.28 bits per heavy atom. The lowest BCUT2D eigenvalue weighted by molar-refractivity contribution is -0.152. The first-order chi connectivity index (χ1) is 23.3. The number of esters is 1. The van der Waals surface area contributed by atoms with E-state index in [1.54, 1.807) is 26.1 Å². The summed E-state index contributed by atoms with van der Waals surface area (Å²) in [5.74, 6) is -2.09. The molecule has 0 radical (unpaired) electrons. The topological polar surface area (TPSA) is 168 Å². The average molecular weight is 693 g/mol. The van der Waals surface area contributed by atoms with Gasteiger partial charge in [-0.05, 0) is 113 Å². The van der Waals surface area contributed by atoms with Gasteiger partial charge >= 0.3 is 17.6 Å². The number of hydrogen-bond donors (Lipinski definition) is 2. The minimum atomic E-state index is -1.01. The summed E-state index contributed by atoms with van der Waals surface area (Å²) in [6.45, 7) is 14.8. The molecule has 2 N–H and O–H groups in total. The van der Waals surface area contributed by atoms with Gasteiger partial charge in [-0.15, -0.1) is 0 Å². The third-order valence-corrected chi connectivity index (χ3v) is 9.10. The van der Waals surface area contributed by atoms with Crippen molar-refractivity contribution >= 4 is 23.8 Å². The Bertz CT molecular complexity index is 1850. The number of nitrogens with zero attached hydrogens (tertiary/aromatic N) is 3. The van der Waals surface area contributed by atoms with Crippen LogP contribution in [0, 0.1) is 48.5 Å². The lowest BCUT2D eigenvalue weighted by Crippen LogP contribution is -2.36. The maximum Gasteiger partial charge on any atom is 0.330 e. The van der Waals surface area contributed by atoms with E-state index in [0.29, 0.717) is 23.1 Å². The quantitative estimate of drug-likeness (QED) is 0.316. The summed E-state index contributed by atoms with van der Waals surface area (Å²) in [5.41, 5.74) is 6.81. The highest BCUT2D eigenvalue weighted by Gasteiger charge is 2.38. The Morgan fingerprint density at radius 1 is 0.820 bits per heavy atom. The van der Waals surface area contributed by atoms with E-state index in [1.807, 2.05) is 60.6 Å². The van der Waals surface area contributed by atoms with Crippen LogP contribution in [-0.4, -0.2) is 87.6 Å². The fourth-order valence-electron chi connectivity index (χ4n) is 5.66. The Morgan fingerprint density at radius 3 is 1.72 bits per heavy atom. The standard InChI is InChI=1S/C24H31N3O6.C13H17NO3/c1-7-18-19(10-20(32-18)27-11-15(4)22(29)25-24(27)31)33-21(28)12-26(6)23(30)17-8-13(2)16(5)14(3)9-17;1-8-5-11(6-9(2)10(8)3)13(17)14(4)7-12(15)16/h8-9,11,18-20H,7,10,12H2,1-6H3,(H,25,29,31);5-6H,7H2,1-4H3,(H,15,16). The number of H-pyrrole nitrogens is 1. The molecule has 4 rings (SSSR count). The predicted molar refractivity (Wildman–Crippen MR) is 188 cm³/mol. The van der Waals surface area contributed by atoms with Gasteiger partial charge in [-0.2, -0.15) is 0 Å². The van der Waals surface area contributed by atoms with Crippen molar-refractivity contribution in [3.8, 4) is 0 Å². The van der Waals surface area contributed by atoms with E-state index in [4.69, 9.17) is 14.6 Å². The fourth-order valence-corrected chi connectivity index (χ4v) is 5.66. The molecule has 2 aromatic carbocycles. The van der Waals surface area contributed by atoms with Gasteiger partial charge in [0, 0.05) is 43.4 Å². The Balaban J connectivity index is 0.000000335. The van der Waals surface area contributed by atoms with Gasteiger partial charge in [0.25, 0.3) is 17.4 Å². The molecule has 1 fully saturated rings. The van der Waals surface area contributed by atoms with Crippen LogP contribution in [0.15, 0.2) is 40.1 Å². The van der Waals surface area contributed by atoms with E-state index in [2.05, 4.69) is 4.98 Å². The summed E-state index contributed by atoms with van der Waals surface area (Å²) in [6, 6.07) is 7.23. The molecule has 2 heterocycles. The molecule has 3 unspecified atom stereocenters. The largest absolute Gasteiger partial charge is 0.480 e. The van der Waals surface area contributed by atoms with Crippen LogP contribution in [-0.2, 0) is 19.1 Å². The van der Waals surface area contributed by atoms with Gasteiger partial charge < -0.3 is 24.4 Å². The lowest BCUT2D eigenvalue weighted by Gasteiger charge is -2.21. The molecule has 0 spiro atoms. The molecule has 2 amide bonds. The normalized spacial score (nSPS) is 16.6. The number of benzene rings is 2. The highest BCUT2D eigenvalue weighted by atomic mass is 16.6. The van der Waals surface area contributed by atoms with E-state index in [-0.39, 0.29) is 31.3 Å². The van der Waals surface area contributed by atoms with Gasteiger partial charge in [-0.3, -0.25) is 33.5 Å². The van der Waals surface area contributed by atoms with Gasteiger partial charge in [0.05, 0.1) is 6.10 Å². The van der Waals surface area contributed by atoms with Gasteiger partial charge in [0.15, 0.2) is 0 Å². The number of aromatic amines is 1. The molecule has 1 aromatic heterocycles. The smallest absolute Gasteiger partial charge is 0.330 e. The summed E-state index contributed by atoms with van der Waals surface area (Å²) in [7, 11) is 3.04. The molecule has 0 bridgehead atoms. The average Bonchev–Trinajstić information content (AvgIpc) is 3.44. The van der Waals surface area contributed by atoms with Crippen LogP contribution in [0.4, 0.5) is 0 Å². The second kappa shape index (κ2) is 16.6. The van der Waals surface area contributed by atoms with Gasteiger partial charge in [0.2, 0.25) is 0 Å². The molecule has 270 valence electrons. The molecule has 0 saturated carbocycles. The van der Waals surface area contributed by atoms with Crippen molar-refractivity contribution in [2.75, 3.05) is 27.2 Å². The third kappa shape index (κ3) is 9.56. The van der Waals surface area contributed by atoms with Crippen molar-refractivity contribution in [1.29, 1.82) is 0 Å². The first-order valence-electron chi connectivity index (χ1n) is 16.4. The van der Waals surface area contributed by atoms with Crippen molar-refractivity contribution in [3.05, 3.63) is 101 Å². The van der Waals surface area contributed by atoms with Gasteiger partial charge in [0.1, 0.15) is 25.4 Å². The van der Waals surface area contributed by atoms with Crippen molar-refractivity contribution in [2.45, 2.75) is 86.7 Å². The molecule has 3 aromatic rings. The summed E-state index contributed by atoms with van der Waals surface area (Å²) in [6.07, 6.45) is 0.654. The number of rotatable bonds is 9. The first kappa shape index (κ1) is 39.4. The van der Waals surface area contributed by atoms with Gasteiger partial charge in [-0.1, -0.05) is 6.92 Å². The number of nitrogens with one attached hydrogen (secondary N) is 1. The predicted octanol–water partition coefficient (Wildman–Crippen LogP) is 3.92. The number of hydrogen-bond acceptors (Lipinski definition) is 8. The second-order valence-corrected chi connectivity index (χ2v) is 13.0. The van der Waals surface area contributed by atoms with E-state index in [1.165, 1.54) is 27.6 Å². The van der Waals surface area contributed by atoms with Crippen LogP contribution in [0.25, 0.3) is 0 Å². The molecular formula is C37H48N4O9. The molecule has 13 heteroatoms. The summed E-state index contributed by atoms with van der Waals surface area (Å²) in [4.78, 5) is 76.6. The molecule has 50 heavy (non-hydrogen) atoms. The van der Waals surface area contributed by atoms with Crippen LogP contribution in [0.5, 0.6) is 0 Å². The first-order valence-corrected chi connectivity index (χ1v) is 16.4. The number of carbonyl (C=O) groups excluding carboxylic acids is 3. The SMILES string of the molecule is CCC1OC(n2cc(C)c(=O)[nH]c2=O)CC1OC(=O)CN(C)C(=O)c1cc(C)c(C)c(C)c1.Cc1cc(C(=O)N(C)CC(=O)O)cc(C)c1C. The highest BCUT2D eigenvalue weighted by molar-refractivity contribution is 5.97. The zero-order valence-corrected chi connectivity index (χ0v) is 30.5. The van der Waals surface area contributed by atoms with Crippen LogP contribution >= 0.6 is 0 Å². The highest BCUT2D eigenvalue weighted by Crippen LogP contribution is 2.31. The Labute approximate surface area is 291 Å². The molecule has 1 aliphatic heterocycles. The number of aryl methyl sites for hydroxylation is 5. The van der Waals surface area contributed by atoms with E-state index >= 15 is 0 Å². The molecule has 0 aliphatic carbocycles. The second-order valence-electron chi connectivity index (χ2n) is 13.0. The van der Waals surface area contributed by atoms with Crippen LogP contribution in [0.1, 0.15) is 85.7 Å². The zero-order chi connectivity index (χ0) is 37.6. The number of carboxylic acid groups (broad SMARTS) is 1. The summed E-state index contributed by atoms with van der Waals surface area (Å²) < 4.78 is 12.9. The number of likely N-dealkylation sites (N-methyl/N-ethyl adjacent to an activating group) is 2. The number of aromatic nitrogens is 2. The maximum atomic E-state index is 12.8. The maximum absolute atomic E-state index is 12.8. The van der Waals surface area contributed by atoms with Crippen molar-refractivity contribution in [3.63, 3.8) is 0 Å². The number of aliphatic carboxylic acids is 1. The van der Waals surface area contributed by atoms with E-state index < -0.39 is 41.6 Å². The Kier molecular flexibility index (Phi) is 13.1. The van der Waals surface area contributed by atoms with E-state index in [0.717, 1.165) is 33.4 Å². The van der Waals surface area contributed by atoms with Crippen molar-refractivity contribution in [1.82, 2.24) is 19.4 Å². The molecular weight excluding hydrogens is 644 g/mol. The minimum absolute atomic E-state index is 0.208. The minimum Gasteiger partial charge on any atom is -0.480 e. The molecule has 1 aliphatic rings. The lowest BCUT2D eigenvalue weighted by atomic mass is 10.00. The third-order valence-electron chi connectivity index (χ3n) is 9.10. The van der Waals surface area contributed by atoms with Gasteiger partial charge in [-0.25, -0.2) is 4.79 Å². The fraction of sp³-hybridized carbons (Fsp3) is 0.459. The molecule has 13 nitrogen and oxygen atoms in total. The summed E-state index contributed by atoms with van der Waals surface area (Å²) >= 11 is 0. The van der Waals surface area contributed by atoms with Crippen molar-refractivity contribution in [2.24, 2.45) is 0 Å². The van der Waals surface area contributed by atoms with Crippen molar-refractivity contribution < 1.29 is 33.8 Å². The number of amides is 2.